The molecular weight excluding hydrogens is 287 g/mol. The molecule has 0 aliphatic heterocycles. The predicted molar refractivity (Wildman–Crippen MR) is 72.8 cm³/mol. The lowest BCUT2D eigenvalue weighted by Gasteiger charge is -2.27. The number of ether oxygens (including phenoxy) is 2. The van der Waals surface area contributed by atoms with E-state index in [1.54, 1.807) is 0 Å². The number of carbonyl (C=O) groups is 1. The number of benzene rings is 1. The van der Waals surface area contributed by atoms with Crippen LogP contribution in [0.2, 0.25) is 0 Å². The van der Waals surface area contributed by atoms with Crippen LogP contribution in [0.1, 0.15) is 15.9 Å². The molecule has 0 aliphatic rings. The van der Waals surface area contributed by atoms with Gasteiger partial charge in [0, 0.05) is 38.6 Å². The molecule has 0 saturated carbocycles. The van der Waals surface area contributed by atoms with Gasteiger partial charge in [-0.2, -0.15) is 13.2 Å². The van der Waals surface area contributed by atoms with E-state index < -0.39 is 11.7 Å². The molecule has 7 heteroatoms. The van der Waals surface area contributed by atoms with Crippen molar-refractivity contribution >= 4 is 12.0 Å². The summed E-state index contributed by atoms with van der Waals surface area (Å²) in [6.07, 6.45) is -4.14. The highest BCUT2D eigenvalue weighted by atomic mass is 19.4. The summed E-state index contributed by atoms with van der Waals surface area (Å²) >= 11 is 0. The number of methoxy groups -OCH3 is 2. The molecule has 1 aromatic carbocycles. The number of carbonyl (C=O) groups excluding carboxylic acids is 1. The number of aldehydes is 1. The fraction of sp³-hybridized carbons (Fsp3) is 0.500. The van der Waals surface area contributed by atoms with Crippen LogP contribution in [0.4, 0.5) is 18.9 Å². The van der Waals surface area contributed by atoms with Crippen molar-refractivity contribution in [3.8, 4) is 0 Å². The molecule has 0 radical (unpaired) electrons. The lowest BCUT2D eigenvalue weighted by Crippen LogP contribution is -2.32. The summed E-state index contributed by atoms with van der Waals surface area (Å²) in [5, 5.41) is 0. The lowest BCUT2D eigenvalue weighted by molar-refractivity contribution is -0.137. The molecule has 0 atom stereocenters. The molecule has 0 spiro atoms. The Morgan fingerprint density at radius 3 is 2.14 bits per heavy atom. The normalized spacial score (nSPS) is 11.5. The van der Waals surface area contributed by atoms with Crippen molar-refractivity contribution in [2.75, 3.05) is 45.4 Å². The second-order valence-electron chi connectivity index (χ2n) is 4.36. The van der Waals surface area contributed by atoms with Crippen LogP contribution in [0.5, 0.6) is 0 Å². The summed E-state index contributed by atoms with van der Waals surface area (Å²) in [6.45, 7) is 1.17. The predicted octanol–water partition coefficient (Wildman–Crippen LogP) is 2.62. The van der Waals surface area contributed by atoms with Gasteiger partial charge in [-0.1, -0.05) is 0 Å². The Balaban J connectivity index is 3.18. The van der Waals surface area contributed by atoms with E-state index in [2.05, 4.69) is 0 Å². The van der Waals surface area contributed by atoms with Gasteiger partial charge in [-0.15, -0.1) is 0 Å². The third-order valence-corrected chi connectivity index (χ3v) is 2.93. The van der Waals surface area contributed by atoms with Gasteiger partial charge in [-0.25, -0.2) is 0 Å². The molecule has 4 nitrogen and oxygen atoms in total. The fourth-order valence-corrected chi connectivity index (χ4v) is 1.89. The first kappa shape index (κ1) is 17.5. The molecule has 0 heterocycles. The third-order valence-electron chi connectivity index (χ3n) is 2.93. The van der Waals surface area contributed by atoms with Gasteiger partial charge in [0.1, 0.15) is 6.29 Å². The minimum atomic E-state index is -4.53. The first-order chi connectivity index (χ1) is 9.93. The van der Waals surface area contributed by atoms with Gasteiger partial charge in [-0.05, 0) is 18.2 Å². The highest BCUT2D eigenvalue weighted by molar-refractivity contribution is 5.77. The van der Waals surface area contributed by atoms with E-state index in [9.17, 15) is 18.0 Å². The molecule has 0 amide bonds. The van der Waals surface area contributed by atoms with Crippen molar-refractivity contribution in [3.05, 3.63) is 29.3 Å². The van der Waals surface area contributed by atoms with Crippen LogP contribution in [0.3, 0.4) is 0 Å². The van der Waals surface area contributed by atoms with Gasteiger partial charge in [0.15, 0.2) is 0 Å². The molecule has 0 unspecified atom stereocenters. The lowest BCUT2D eigenvalue weighted by atomic mass is 10.1. The molecule has 1 rings (SSSR count). The smallest absolute Gasteiger partial charge is 0.383 e. The van der Waals surface area contributed by atoms with Crippen molar-refractivity contribution in [1.29, 1.82) is 0 Å². The number of alkyl halides is 3. The van der Waals surface area contributed by atoms with Crippen LogP contribution < -0.4 is 4.90 Å². The summed E-state index contributed by atoms with van der Waals surface area (Å²) in [4.78, 5) is 12.2. The molecular formula is C14H18F3NO3. The standard InChI is InChI=1S/C14H18F3NO3/c1-20-7-5-18(6-8-21-2)13-4-3-11(10-19)9-12(13)14(15,16)17/h3-4,9-10H,5-8H2,1-2H3. The molecule has 0 aliphatic carbocycles. The summed E-state index contributed by atoms with van der Waals surface area (Å²) < 4.78 is 49.3. The van der Waals surface area contributed by atoms with E-state index in [-0.39, 0.29) is 24.5 Å². The van der Waals surface area contributed by atoms with Crippen molar-refractivity contribution in [3.63, 3.8) is 0 Å². The van der Waals surface area contributed by atoms with Gasteiger partial charge < -0.3 is 14.4 Å². The zero-order valence-electron chi connectivity index (χ0n) is 11.9. The molecule has 21 heavy (non-hydrogen) atoms. The Morgan fingerprint density at radius 2 is 1.71 bits per heavy atom. The van der Waals surface area contributed by atoms with E-state index in [1.165, 1.54) is 31.3 Å². The fourth-order valence-electron chi connectivity index (χ4n) is 1.89. The van der Waals surface area contributed by atoms with E-state index in [0.29, 0.717) is 19.4 Å². The number of anilines is 1. The molecule has 0 saturated heterocycles. The highest BCUT2D eigenvalue weighted by Gasteiger charge is 2.35. The third kappa shape index (κ3) is 5.02. The van der Waals surface area contributed by atoms with Crippen LogP contribution in [-0.2, 0) is 15.7 Å². The Hall–Kier alpha value is -1.60. The number of rotatable bonds is 8. The molecule has 1 aromatic rings. The molecule has 118 valence electrons. The summed E-state index contributed by atoms with van der Waals surface area (Å²) in [5.74, 6) is 0. The maximum Gasteiger partial charge on any atom is 0.418 e. The maximum absolute atomic E-state index is 13.2. The Labute approximate surface area is 121 Å². The average Bonchev–Trinajstić information content (AvgIpc) is 2.46. The van der Waals surface area contributed by atoms with Crippen LogP contribution >= 0.6 is 0 Å². The topological polar surface area (TPSA) is 38.8 Å². The zero-order chi connectivity index (χ0) is 15.9. The van der Waals surface area contributed by atoms with E-state index in [1.807, 2.05) is 0 Å². The van der Waals surface area contributed by atoms with Gasteiger partial charge >= 0.3 is 6.18 Å². The molecule has 0 bridgehead atoms. The number of nitrogens with zero attached hydrogens (tertiary/aromatic N) is 1. The second kappa shape index (κ2) is 7.99. The van der Waals surface area contributed by atoms with Crippen LogP contribution in [0.15, 0.2) is 18.2 Å². The quantitative estimate of drug-likeness (QED) is 0.692. The Bertz CT molecular complexity index is 455. The number of hydrogen-bond donors (Lipinski definition) is 0. The largest absolute Gasteiger partial charge is 0.418 e. The minimum Gasteiger partial charge on any atom is -0.383 e. The van der Waals surface area contributed by atoms with Gasteiger partial charge in [0.25, 0.3) is 0 Å². The van der Waals surface area contributed by atoms with Crippen molar-refractivity contribution in [2.24, 2.45) is 0 Å². The molecule has 0 fully saturated rings. The highest BCUT2D eigenvalue weighted by Crippen LogP contribution is 2.37. The number of halogens is 3. The second-order valence-corrected chi connectivity index (χ2v) is 4.36. The minimum absolute atomic E-state index is 0.00971. The summed E-state index contributed by atoms with van der Waals surface area (Å²) in [7, 11) is 2.96. The first-order valence-electron chi connectivity index (χ1n) is 6.33. The monoisotopic (exact) mass is 305 g/mol. The van der Waals surface area contributed by atoms with E-state index in [0.717, 1.165) is 6.07 Å². The van der Waals surface area contributed by atoms with Crippen LogP contribution in [0, 0.1) is 0 Å². The Morgan fingerprint density at radius 1 is 1.14 bits per heavy atom. The van der Waals surface area contributed by atoms with Crippen LogP contribution in [0.25, 0.3) is 0 Å². The summed E-state index contributed by atoms with van der Waals surface area (Å²) in [6, 6.07) is 3.52. The van der Waals surface area contributed by atoms with Crippen LogP contribution in [-0.4, -0.2) is 46.8 Å². The van der Waals surface area contributed by atoms with Gasteiger partial charge in [0.05, 0.1) is 18.8 Å². The van der Waals surface area contributed by atoms with E-state index in [4.69, 9.17) is 9.47 Å². The number of hydrogen-bond acceptors (Lipinski definition) is 4. The zero-order valence-corrected chi connectivity index (χ0v) is 11.9. The van der Waals surface area contributed by atoms with Crippen molar-refractivity contribution in [2.45, 2.75) is 6.18 Å². The van der Waals surface area contributed by atoms with E-state index >= 15 is 0 Å². The SMILES string of the molecule is COCCN(CCOC)c1ccc(C=O)cc1C(F)(F)F. The summed E-state index contributed by atoms with van der Waals surface area (Å²) in [5.41, 5.74) is -0.828. The van der Waals surface area contributed by atoms with Crippen molar-refractivity contribution < 1.29 is 27.4 Å². The molecule has 0 aromatic heterocycles. The van der Waals surface area contributed by atoms with Crippen molar-refractivity contribution in [1.82, 2.24) is 0 Å². The van der Waals surface area contributed by atoms with Gasteiger partial charge in [0.2, 0.25) is 0 Å². The average molecular weight is 305 g/mol. The van der Waals surface area contributed by atoms with Gasteiger partial charge in [-0.3, -0.25) is 4.79 Å². The first-order valence-corrected chi connectivity index (χ1v) is 6.33. The maximum atomic E-state index is 13.2. The Kier molecular flexibility index (Phi) is 6.64. The molecule has 0 N–H and O–H groups in total.